The summed E-state index contributed by atoms with van der Waals surface area (Å²) >= 11 is 0. The third-order valence-corrected chi connectivity index (χ3v) is 1.39. The third-order valence-electron chi connectivity index (χ3n) is 1.39. The maximum Gasteiger partial charge on any atom is 0.261 e. The van der Waals surface area contributed by atoms with Gasteiger partial charge in [0.25, 0.3) is 20.2 Å². The van der Waals surface area contributed by atoms with E-state index in [9.17, 15) is 16.8 Å². The molecule has 0 aliphatic carbocycles. The van der Waals surface area contributed by atoms with E-state index in [0.717, 1.165) is 11.1 Å². The van der Waals surface area contributed by atoms with Crippen molar-refractivity contribution >= 4 is 20.2 Å². The highest BCUT2D eigenvalue weighted by atomic mass is 32.2. The molecule has 0 atom stereocenters. The van der Waals surface area contributed by atoms with E-state index in [4.69, 9.17) is 19.3 Å². The number of hydrogen-bond donors (Lipinski definition) is 4. The molecule has 8 nitrogen and oxygen atoms in total. The Labute approximate surface area is 118 Å². The predicted molar refractivity (Wildman–Crippen MR) is 73.2 cm³/mol. The van der Waals surface area contributed by atoms with Gasteiger partial charge in [0.05, 0.1) is 25.7 Å². The Kier molecular flexibility index (Phi) is 10.4. The minimum Gasteiger partial charge on any atom is -0.392 e. The van der Waals surface area contributed by atoms with Gasteiger partial charge in [-0.3, -0.25) is 9.11 Å². The SMILES string of the molecule is CS(=O)(=O)O.CS(=O)(=O)O.OCc1ccc(CO)cc1. The molecule has 1 aromatic carbocycles. The molecule has 4 N–H and O–H groups in total. The highest BCUT2D eigenvalue weighted by Gasteiger charge is 1.89. The second-order valence-corrected chi connectivity index (χ2v) is 6.53. The van der Waals surface area contributed by atoms with E-state index in [0.29, 0.717) is 12.5 Å². The number of aliphatic hydroxyl groups excluding tert-OH is 2. The van der Waals surface area contributed by atoms with Crippen LogP contribution >= 0.6 is 0 Å². The molecule has 1 aromatic rings. The molecule has 1 rings (SSSR count). The molecule has 0 unspecified atom stereocenters. The summed E-state index contributed by atoms with van der Waals surface area (Å²) in [5.41, 5.74) is 1.74. The zero-order valence-electron chi connectivity index (χ0n) is 11.0. The van der Waals surface area contributed by atoms with E-state index in [1.54, 1.807) is 24.3 Å². The van der Waals surface area contributed by atoms with Gasteiger partial charge < -0.3 is 10.2 Å². The van der Waals surface area contributed by atoms with Crippen molar-refractivity contribution in [1.82, 2.24) is 0 Å². The minimum absolute atomic E-state index is 0.0612. The Bertz CT molecular complexity index is 491. The van der Waals surface area contributed by atoms with Crippen molar-refractivity contribution in [3.63, 3.8) is 0 Å². The number of benzene rings is 1. The molecule has 0 aromatic heterocycles. The maximum absolute atomic E-state index is 9.19. The van der Waals surface area contributed by atoms with Crippen LogP contribution in [0.2, 0.25) is 0 Å². The fourth-order valence-electron chi connectivity index (χ4n) is 0.750. The fraction of sp³-hybridized carbons (Fsp3) is 0.400. The van der Waals surface area contributed by atoms with Crippen molar-refractivity contribution in [3.8, 4) is 0 Å². The molecule has 0 heterocycles. The van der Waals surface area contributed by atoms with Gasteiger partial charge in [0.1, 0.15) is 0 Å². The first-order valence-electron chi connectivity index (χ1n) is 5.01. The van der Waals surface area contributed by atoms with Crippen molar-refractivity contribution in [2.75, 3.05) is 12.5 Å². The molecular formula is C10H18O8S2. The zero-order valence-corrected chi connectivity index (χ0v) is 12.6. The van der Waals surface area contributed by atoms with Crippen LogP contribution in [-0.4, -0.2) is 48.7 Å². The van der Waals surface area contributed by atoms with Gasteiger partial charge in [-0.05, 0) is 11.1 Å². The lowest BCUT2D eigenvalue weighted by Crippen LogP contribution is -1.88. The molecule has 0 bridgehead atoms. The molecule has 10 heteroatoms. The molecule has 0 fully saturated rings. The van der Waals surface area contributed by atoms with Crippen LogP contribution in [0.4, 0.5) is 0 Å². The molecule has 0 aliphatic heterocycles. The molecule has 0 radical (unpaired) electrons. The Balaban J connectivity index is 0. The van der Waals surface area contributed by atoms with Gasteiger partial charge in [0.15, 0.2) is 0 Å². The Morgan fingerprint density at radius 3 is 1.00 bits per heavy atom. The molecule has 0 saturated carbocycles. The first-order valence-corrected chi connectivity index (χ1v) is 8.71. The summed E-state index contributed by atoms with van der Waals surface area (Å²) in [6, 6.07) is 7.19. The molecule has 20 heavy (non-hydrogen) atoms. The van der Waals surface area contributed by atoms with Crippen LogP contribution in [0.5, 0.6) is 0 Å². The van der Waals surface area contributed by atoms with Crippen LogP contribution in [0.25, 0.3) is 0 Å². The highest BCUT2D eigenvalue weighted by molar-refractivity contribution is 7.85. The molecule has 0 saturated heterocycles. The van der Waals surface area contributed by atoms with E-state index in [1.165, 1.54) is 0 Å². The first-order chi connectivity index (χ1) is 8.86. The summed E-state index contributed by atoms with van der Waals surface area (Å²) in [4.78, 5) is 0. The maximum atomic E-state index is 9.19. The van der Waals surface area contributed by atoms with Gasteiger partial charge in [0.2, 0.25) is 0 Å². The van der Waals surface area contributed by atoms with E-state index in [-0.39, 0.29) is 13.2 Å². The standard InChI is InChI=1S/C8H10O2.2CH4O3S/c9-5-7-1-2-8(6-10)4-3-7;2*1-5(2,3)4/h1-4,9-10H,5-6H2;2*1H3,(H,2,3,4). The summed E-state index contributed by atoms with van der Waals surface area (Å²) in [5.74, 6) is 0. The predicted octanol–water partition coefficient (Wildman–Crippen LogP) is -0.321. The Hall–Kier alpha value is -1.04. The van der Waals surface area contributed by atoms with Gasteiger partial charge in [-0.1, -0.05) is 24.3 Å². The van der Waals surface area contributed by atoms with Crippen LogP contribution < -0.4 is 0 Å². The van der Waals surface area contributed by atoms with Crippen LogP contribution in [0.3, 0.4) is 0 Å². The van der Waals surface area contributed by atoms with Crippen molar-refractivity contribution in [3.05, 3.63) is 35.4 Å². The Morgan fingerprint density at radius 2 is 0.900 bits per heavy atom. The highest BCUT2D eigenvalue weighted by Crippen LogP contribution is 2.03. The van der Waals surface area contributed by atoms with Gasteiger partial charge in [-0.15, -0.1) is 0 Å². The van der Waals surface area contributed by atoms with Crippen LogP contribution in [-0.2, 0) is 33.5 Å². The van der Waals surface area contributed by atoms with E-state index in [2.05, 4.69) is 0 Å². The van der Waals surface area contributed by atoms with Gasteiger partial charge in [0, 0.05) is 0 Å². The fourth-order valence-corrected chi connectivity index (χ4v) is 0.750. The number of rotatable bonds is 2. The lowest BCUT2D eigenvalue weighted by molar-refractivity contribution is 0.278. The molecule has 0 spiro atoms. The molecular weight excluding hydrogens is 312 g/mol. The van der Waals surface area contributed by atoms with Crippen molar-refractivity contribution in [2.24, 2.45) is 0 Å². The minimum atomic E-state index is -3.67. The van der Waals surface area contributed by atoms with Crippen LogP contribution in [0.15, 0.2) is 24.3 Å². The van der Waals surface area contributed by atoms with E-state index < -0.39 is 20.2 Å². The zero-order chi connectivity index (χ0) is 16.4. The number of aliphatic hydroxyl groups is 2. The summed E-state index contributed by atoms with van der Waals surface area (Å²) in [7, 11) is -7.33. The third kappa shape index (κ3) is 25.7. The van der Waals surface area contributed by atoms with E-state index in [1.807, 2.05) is 0 Å². The van der Waals surface area contributed by atoms with Crippen molar-refractivity contribution in [1.29, 1.82) is 0 Å². The quantitative estimate of drug-likeness (QED) is 0.539. The van der Waals surface area contributed by atoms with E-state index >= 15 is 0 Å². The largest absolute Gasteiger partial charge is 0.392 e. The normalized spacial score (nSPS) is 10.7. The van der Waals surface area contributed by atoms with Gasteiger partial charge in [-0.2, -0.15) is 16.8 Å². The smallest absolute Gasteiger partial charge is 0.261 e. The molecule has 118 valence electrons. The average molecular weight is 330 g/mol. The number of hydrogen-bond acceptors (Lipinski definition) is 6. The average Bonchev–Trinajstić information content (AvgIpc) is 2.25. The lowest BCUT2D eigenvalue weighted by Gasteiger charge is -1.96. The van der Waals surface area contributed by atoms with Crippen molar-refractivity contribution < 1.29 is 36.2 Å². The summed E-state index contributed by atoms with van der Waals surface area (Å²) in [6.45, 7) is 0.122. The Morgan fingerprint density at radius 1 is 0.750 bits per heavy atom. The van der Waals surface area contributed by atoms with Crippen LogP contribution in [0.1, 0.15) is 11.1 Å². The summed E-state index contributed by atoms with van der Waals surface area (Å²) < 4.78 is 51.7. The summed E-state index contributed by atoms with van der Waals surface area (Å²) in [6.07, 6.45) is 1.43. The first kappa shape index (κ1) is 21.3. The van der Waals surface area contributed by atoms with Crippen LogP contribution in [0, 0.1) is 0 Å². The second kappa shape index (κ2) is 9.80. The van der Waals surface area contributed by atoms with Gasteiger partial charge in [-0.25, -0.2) is 0 Å². The van der Waals surface area contributed by atoms with Crippen molar-refractivity contribution in [2.45, 2.75) is 13.2 Å². The monoisotopic (exact) mass is 330 g/mol. The molecule has 0 amide bonds. The second-order valence-electron chi connectivity index (χ2n) is 3.60. The molecule has 0 aliphatic rings. The van der Waals surface area contributed by atoms with Gasteiger partial charge >= 0.3 is 0 Å². The summed E-state index contributed by atoms with van der Waals surface area (Å²) in [5, 5.41) is 17.3. The topological polar surface area (TPSA) is 149 Å². The lowest BCUT2D eigenvalue weighted by atomic mass is 10.1.